The average Bonchev–Trinajstić information content (AvgIpc) is 2.73. The molecule has 8 heteroatoms. The van der Waals surface area contributed by atoms with Crippen LogP contribution in [0.1, 0.15) is 25.6 Å². The summed E-state index contributed by atoms with van der Waals surface area (Å²) in [5.74, 6) is 0.561. The lowest BCUT2D eigenvalue weighted by Gasteiger charge is -2.37. The van der Waals surface area contributed by atoms with E-state index in [-0.39, 0.29) is 11.9 Å². The van der Waals surface area contributed by atoms with Crippen LogP contribution in [0.5, 0.6) is 0 Å². The van der Waals surface area contributed by atoms with Gasteiger partial charge in [-0.25, -0.2) is 19.9 Å². The Morgan fingerprint density at radius 3 is 2.54 bits per heavy atom. The standard InChI is InChI=1S/C20H23N7O/c1-14(18-6-5-16-4-3-7-21-19(16)25-18)26-8-10-27(11-9-26)20-22-12-17(13-23-20)24-15(2)28/h3-7,12-14H,8-11H2,1-2H3,(H,24,28). The van der Waals surface area contributed by atoms with Crippen LogP contribution in [-0.4, -0.2) is 56.9 Å². The molecule has 1 aliphatic heterocycles. The summed E-state index contributed by atoms with van der Waals surface area (Å²) in [7, 11) is 0. The van der Waals surface area contributed by atoms with Crippen LogP contribution in [0.15, 0.2) is 42.9 Å². The van der Waals surface area contributed by atoms with Crippen LogP contribution in [0.2, 0.25) is 0 Å². The Bertz CT molecular complexity index is 968. The smallest absolute Gasteiger partial charge is 0.225 e. The Balaban J connectivity index is 1.39. The quantitative estimate of drug-likeness (QED) is 0.746. The normalized spacial score (nSPS) is 16.1. The third kappa shape index (κ3) is 3.91. The van der Waals surface area contributed by atoms with E-state index in [0.717, 1.165) is 42.9 Å². The van der Waals surface area contributed by atoms with Crippen molar-refractivity contribution in [2.24, 2.45) is 0 Å². The Morgan fingerprint density at radius 1 is 1.07 bits per heavy atom. The number of hydrogen-bond donors (Lipinski definition) is 1. The van der Waals surface area contributed by atoms with Crippen LogP contribution < -0.4 is 10.2 Å². The van der Waals surface area contributed by atoms with Crippen molar-refractivity contribution in [3.63, 3.8) is 0 Å². The van der Waals surface area contributed by atoms with Gasteiger partial charge in [0.05, 0.1) is 23.8 Å². The van der Waals surface area contributed by atoms with Crippen molar-refractivity contribution in [1.29, 1.82) is 0 Å². The minimum atomic E-state index is -0.128. The number of nitrogens with zero attached hydrogens (tertiary/aromatic N) is 6. The zero-order valence-corrected chi connectivity index (χ0v) is 16.0. The summed E-state index contributed by atoms with van der Waals surface area (Å²) in [5.41, 5.74) is 2.44. The lowest BCUT2D eigenvalue weighted by Crippen LogP contribution is -2.47. The molecule has 4 heterocycles. The second-order valence-electron chi connectivity index (χ2n) is 6.94. The van der Waals surface area contributed by atoms with Gasteiger partial charge in [-0.1, -0.05) is 0 Å². The molecule has 1 saturated heterocycles. The molecule has 1 aliphatic rings. The lowest BCUT2D eigenvalue weighted by atomic mass is 10.1. The predicted molar refractivity (Wildman–Crippen MR) is 108 cm³/mol. The van der Waals surface area contributed by atoms with Crippen molar-refractivity contribution in [2.45, 2.75) is 19.9 Å². The molecule has 1 amide bonds. The Morgan fingerprint density at radius 2 is 1.82 bits per heavy atom. The van der Waals surface area contributed by atoms with Gasteiger partial charge in [-0.15, -0.1) is 0 Å². The van der Waals surface area contributed by atoms with E-state index in [4.69, 9.17) is 4.98 Å². The van der Waals surface area contributed by atoms with E-state index in [1.165, 1.54) is 6.92 Å². The van der Waals surface area contributed by atoms with Crippen LogP contribution in [0.4, 0.5) is 11.6 Å². The van der Waals surface area contributed by atoms with Crippen LogP contribution in [0, 0.1) is 0 Å². The SMILES string of the molecule is CC(=O)Nc1cnc(N2CCN(C(C)c3ccc4cccnc4n3)CC2)nc1. The number of fused-ring (bicyclic) bond motifs is 1. The largest absolute Gasteiger partial charge is 0.338 e. The van der Waals surface area contributed by atoms with E-state index in [9.17, 15) is 4.79 Å². The molecule has 0 aromatic carbocycles. The summed E-state index contributed by atoms with van der Waals surface area (Å²) in [6.07, 6.45) is 5.06. The van der Waals surface area contributed by atoms with Gasteiger partial charge in [0.15, 0.2) is 5.65 Å². The van der Waals surface area contributed by atoms with Crippen molar-refractivity contribution in [2.75, 3.05) is 36.4 Å². The molecule has 0 spiro atoms. The molecule has 1 fully saturated rings. The minimum Gasteiger partial charge on any atom is -0.338 e. The molecule has 4 rings (SSSR count). The highest BCUT2D eigenvalue weighted by Gasteiger charge is 2.24. The average molecular weight is 377 g/mol. The third-order valence-corrected chi connectivity index (χ3v) is 5.02. The fourth-order valence-electron chi connectivity index (χ4n) is 3.45. The second kappa shape index (κ2) is 7.85. The fourth-order valence-corrected chi connectivity index (χ4v) is 3.45. The summed E-state index contributed by atoms with van der Waals surface area (Å²) in [4.78, 5) is 33.5. The maximum Gasteiger partial charge on any atom is 0.225 e. The number of amides is 1. The molecule has 8 nitrogen and oxygen atoms in total. The molecular weight excluding hydrogens is 354 g/mol. The number of piperazine rings is 1. The molecule has 3 aromatic heterocycles. The van der Waals surface area contributed by atoms with Crippen molar-refractivity contribution < 1.29 is 4.79 Å². The van der Waals surface area contributed by atoms with Crippen LogP contribution in [0.3, 0.4) is 0 Å². The summed E-state index contributed by atoms with van der Waals surface area (Å²) in [6, 6.07) is 8.35. The van der Waals surface area contributed by atoms with Gasteiger partial charge < -0.3 is 10.2 Å². The molecule has 3 aromatic rings. The summed E-state index contributed by atoms with van der Waals surface area (Å²) < 4.78 is 0. The second-order valence-corrected chi connectivity index (χ2v) is 6.94. The third-order valence-electron chi connectivity index (χ3n) is 5.02. The number of anilines is 2. The number of pyridine rings is 2. The maximum atomic E-state index is 11.1. The zero-order chi connectivity index (χ0) is 19.5. The first-order valence-electron chi connectivity index (χ1n) is 9.40. The zero-order valence-electron chi connectivity index (χ0n) is 16.0. The van der Waals surface area contributed by atoms with Crippen molar-refractivity contribution in [1.82, 2.24) is 24.8 Å². The molecule has 0 saturated carbocycles. The number of carbonyl (C=O) groups excluding carboxylic acids is 1. The van der Waals surface area contributed by atoms with E-state index < -0.39 is 0 Å². The van der Waals surface area contributed by atoms with Crippen molar-refractivity contribution in [3.05, 3.63) is 48.5 Å². The highest BCUT2D eigenvalue weighted by atomic mass is 16.1. The van der Waals surface area contributed by atoms with Gasteiger partial charge in [-0.3, -0.25) is 9.69 Å². The Hall–Kier alpha value is -3.13. The van der Waals surface area contributed by atoms with E-state index in [1.807, 2.05) is 12.1 Å². The summed E-state index contributed by atoms with van der Waals surface area (Å²) in [5, 5.41) is 3.74. The summed E-state index contributed by atoms with van der Waals surface area (Å²) >= 11 is 0. The van der Waals surface area contributed by atoms with E-state index in [0.29, 0.717) is 11.6 Å². The van der Waals surface area contributed by atoms with Gasteiger partial charge >= 0.3 is 0 Å². The monoisotopic (exact) mass is 377 g/mol. The first-order valence-corrected chi connectivity index (χ1v) is 9.40. The molecule has 144 valence electrons. The van der Waals surface area contributed by atoms with Crippen LogP contribution in [-0.2, 0) is 4.79 Å². The Kier molecular flexibility index (Phi) is 5.12. The van der Waals surface area contributed by atoms with Gasteiger partial charge in [0.25, 0.3) is 0 Å². The molecule has 1 N–H and O–H groups in total. The molecule has 1 atom stereocenters. The lowest BCUT2D eigenvalue weighted by molar-refractivity contribution is -0.114. The van der Waals surface area contributed by atoms with E-state index in [1.54, 1.807) is 18.6 Å². The first kappa shape index (κ1) is 18.2. The molecule has 0 radical (unpaired) electrons. The maximum absolute atomic E-state index is 11.1. The molecule has 0 bridgehead atoms. The highest BCUT2D eigenvalue weighted by molar-refractivity contribution is 5.88. The fraction of sp³-hybridized carbons (Fsp3) is 0.350. The van der Waals surface area contributed by atoms with Gasteiger partial charge in [0, 0.05) is 50.7 Å². The van der Waals surface area contributed by atoms with Crippen LogP contribution >= 0.6 is 0 Å². The first-order chi connectivity index (χ1) is 13.6. The van der Waals surface area contributed by atoms with Gasteiger partial charge in [-0.2, -0.15) is 0 Å². The molecule has 0 aliphatic carbocycles. The highest BCUT2D eigenvalue weighted by Crippen LogP contribution is 2.23. The number of nitrogens with one attached hydrogen (secondary N) is 1. The number of rotatable bonds is 4. The number of carbonyl (C=O) groups is 1. The van der Waals surface area contributed by atoms with Crippen molar-refractivity contribution >= 4 is 28.6 Å². The van der Waals surface area contributed by atoms with Crippen LogP contribution in [0.25, 0.3) is 11.0 Å². The Labute approximate surface area is 163 Å². The predicted octanol–water partition coefficient (Wildman–Crippen LogP) is 2.26. The van der Waals surface area contributed by atoms with Gasteiger partial charge in [0.1, 0.15) is 0 Å². The summed E-state index contributed by atoms with van der Waals surface area (Å²) in [6.45, 7) is 7.14. The topological polar surface area (TPSA) is 87.1 Å². The van der Waals surface area contributed by atoms with Gasteiger partial charge in [-0.05, 0) is 31.2 Å². The van der Waals surface area contributed by atoms with Gasteiger partial charge in [0.2, 0.25) is 11.9 Å². The van der Waals surface area contributed by atoms with E-state index >= 15 is 0 Å². The number of aromatic nitrogens is 4. The molecule has 28 heavy (non-hydrogen) atoms. The number of hydrogen-bond acceptors (Lipinski definition) is 7. The minimum absolute atomic E-state index is 0.128. The molecular formula is C20H23N7O. The van der Waals surface area contributed by atoms with E-state index in [2.05, 4.69) is 49.1 Å². The van der Waals surface area contributed by atoms with Crippen molar-refractivity contribution in [3.8, 4) is 0 Å². The molecule has 1 unspecified atom stereocenters.